The molecule has 0 heterocycles. The first-order valence-electron chi connectivity index (χ1n) is 12.0. The van der Waals surface area contributed by atoms with Crippen LogP contribution in [-0.2, 0) is 19.1 Å². The lowest BCUT2D eigenvalue weighted by molar-refractivity contribution is -0.156. The van der Waals surface area contributed by atoms with Crippen LogP contribution in [0.5, 0.6) is 0 Å². The van der Waals surface area contributed by atoms with Crippen molar-refractivity contribution in [2.24, 2.45) is 40.4 Å². The molecule has 3 fully saturated rings. The molecule has 176 valence electrons. The topological polar surface area (TPSA) is 80.7 Å². The third kappa shape index (κ3) is 3.69. The molecule has 3 saturated carbocycles. The van der Waals surface area contributed by atoms with Gasteiger partial charge in [0.05, 0.1) is 17.4 Å². The molecular formula is C26H35ClO5. The second-order valence-corrected chi connectivity index (χ2v) is 11.5. The second-order valence-electron chi connectivity index (χ2n) is 11.0. The first-order chi connectivity index (χ1) is 15.0. The van der Waals surface area contributed by atoms with Gasteiger partial charge < -0.3 is 9.84 Å². The zero-order valence-corrected chi connectivity index (χ0v) is 20.2. The molecule has 0 aromatic rings. The largest absolute Gasteiger partial charge is 0.457 e. The molecule has 0 aliphatic heterocycles. The molecule has 0 aromatic carbocycles. The average molecular weight is 463 g/mol. The number of fused-ring (bicyclic) bond motifs is 5. The Morgan fingerprint density at radius 3 is 2.62 bits per heavy atom. The van der Waals surface area contributed by atoms with Crippen LogP contribution in [0.3, 0.4) is 0 Å². The quantitative estimate of drug-likeness (QED) is 0.487. The van der Waals surface area contributed by atoms with Gasteiger partial charge in [-0.3, -0.25) is 14.4 Å². The van der Waals surface area contributed by atoms with Crippen molar-refractivity contribution in [1.29, 1.82) is 0 Å². The normalized spacial score (nSPS) is 42.2. The number of aliphatic hydroxyl groups excluding tert-OH is 1. The molecule has 6 heteroatoms. The lowest BCUT2D eigenvalue weighted by atomic mass is 9.47. The van der Waals surface area contributed by atoms with E-state index in [0.29, 0.717) is 17.8 Å². The number of aliphatic hydroxyl groups is 1. The predicted molar refractivity (Wildman–Crippen MR) is 122 cm³/mol. The molecule has 1 N–H and O–H groups in total. The van der Waals surface area contributed by atoms with Crippen molar-refractivity contribution in [3.63, 3.8) is 0 Å². The van der Waals surface area contributed by atoms with Gasteiger partial charge in [-0.2, -0.15) is 0 Å². The molecule has 0 spiro atoms. The van der Waals surface area contributed by atoms with Crippen molar-refractivity contribution >= 4 is 29.1 Å². The van der Waals surface area contributed by atoms with Crippen LogP contribution in [0.2, 0.25) is 0 Å². The number of hydrogen-bond donors (Lipinski definition) is 1. The van der Waals surface area contributed by atoms with Crippen LogP contribution in [0.25, 0.3) is 0 Å². The molecule has 2 unspecified atom stereocenters. The summed E-state index contributed by atoms with van der Waals surface area (Å²) in [5, 5.41) is 9.43. The fraction of sp³-hybridized carbons (Fsp3) is 0.731. The van der Waals surface area contributed by atoms with Gasteiger partial charge in [-0.1, -0.05) is 19.9 Å². The molecule has 0 bridgehead atoms. The number of rotatable bonds is 5. The third-order valence-corrected chi connectivity index (χ3v) is 9.79. The second kappa shape index (κ2) is 8.39. The first kappa shape index (κ1) is 23.7. The molecular weight excluding hydrogens is 428 g/mol. The van der Waals surface area contributed by atoms with Crippen molar-refractivity contribution in [3.8, 4) is 0 Å². The summed E-state index contributed by atoms with van der Waals surface area (Å²) in [5.41, 5.74) is 0.740. The number of allylic oxidation sites excluding steroid dienone is 4. The van der Waals surface area contributed by atoms with Gasteiger partial charge in [0.2, 0.25) is 0 Å². The summed E-state index contributed by atoms with van der Waals surface area (Å²) in [5.74, 6) is -0.0537. The van der Waals surface area contributed by atoms with Gasteiger partial charge in [0, 0.05) is 11.3 Å². The molecule has 0 amide bonds. The van der Waals surface area contributed by atoms with Crippen LogP contribution in [0, 0.1) is 40.4 Å². The average Bonchev–Trinajstić information content (AvgIpc) is 3.10. The Kier molecular flexibility index (Phi) is 6.21. The Bertz CT molecular complexity index is 875. The summed E-state index contributed by atoms with van der Waals surface area (Å²) in [6.45, 7) is 7.39. The molecule has 4 rings (SSSR count). The lowest BCUT2D eigenvalue weighted by Crippen LogP contribution is -2.52. The summed E-state index contributed by atoms with van der Waals surface area (Å²) < 4.78 is 5.27. The van der Waals surface area contributed by atoms with E-state index in [1.807, 2.05) is 0 Å². The number of esters is 1. The number of hydrogen-bond acceptors (Lipinski definition) is 5. The predicted octanol–water partition coefficient (Wildman–Crippen LogP) is 4.26. The maximum absolute atomic E-state index is 13.1. The van der Waals surface area contributed by atoms with Crippen molar-refractivity contribution < 1.29 is 24.2 Å². The Morgan fingerprint density at radius 1 is 1.22 bits per heavy atom. The van der Waals surface area contributed by atoms with Crippen molar-refractivity contribution in [1.82, 2.24) is 0 Å². The van der Waals surface area contributed by atoms with Gasteiger partial charge in [-0.15, -0.1) is 11.6 Å². The van der Waals surface area contributed by atoms with Crippen LogP contribution in [0.4, 0.5) is 0 Å². The maximum Gasteiger partial charge on any atom is 0.311 e. The third-order valence-electron chi connectivity index (χ3n) is 9.38. The van der Waals surface area contributed by atoms with E-state index in [2.05, 4.69) is 19.9 Å². The zero-order chi connectivity index (χ0) is 23.4. The summed E-state index contributed by atoms with van der Waals surface area (Å²) >= 11 is 6.84. The van der Waals surface area contributed by atoms with Gasteiger partial charge in [-0.25, -0.2) is 0 Å². The minimum Gasteiger partial charge on any atom is -0.457 e. The molecule has 4 aliphatic rings. The van der Waals surface area contributed by atoms with E-state index in [4.69, 9.17) is 16.3 Å². The van der Waals surface area contributed by atoms with E-state index < -0.39 is 18.0 Å². The van der Waals surface area contributed by atoms with E-state index >= 15 is 0 Å². The zero-order valence-electron chi connectivity index (χ0n) is 19.5. The van der Waals surface area contributed by atoms with Crippen LogP contribution >= 0.6 is 11.6 Å². The van der Waals surface area contributed by atoms with Crippen molar-refractivity contribution in [3.05, 3.63) is 23.8 Å². The number of ketones is 2. The summed E-state index contributed by atoms with van der Waals surface area (Å²) in [6.07, 6.45) is 9.28. The molecule has 32 heavy (non-hydrogen) atoms. The summed E-state index contributed by atoms with van der Waals surface area (Å²) in [6, 6.07) is 0. The van der Waals surface area contributed by atoms with Crippen molar-refractivity contribution in [2.45, 2.75) is 71.3 Å². The number of Topliss-reactive ketones (excluding diaryl/α,β-unsaturated/α-hetero) is 1. The summed E-state index contributed by atoms with van der Waals surface area (Å²) in [4.78, 5) is 37.2. The number of ether oxygens (including phenoxy) is 1. The van der Waals surface area contributed by atoms with Gasteiger partial charge in [-0.05, 0) is 86.8 Å². The van der Waals surface area contributed by atoms with Crippen LogP contribution in [0.1, 0.15) is 59.8 Å². The molecule has 4 aliphatic carbocycles. The Labute approximate surface area is 195 Å². The SMILES string of the molecule is CC(O)C(C)C(=O)OCC(=O)[C@H]1CC[C@H]2[C@@H]3C[C@H](Cl)C4=CC(=O)C=C[C@]4(C)[C@H]3CC[C@]12C. The number of carbonyl (C=O) groups is 3. The lowest BCUT2D eigenvalue weighted by Gasteiger charge is -2.57. The molecule has 5 nitrogen and oxygen atoms in total. The highest BCUT2D eigenvalue weighted by Crippen LogP contribution is 2.66. The van der Waals surface area contributed by atoms with E-state index in [9.17, 15) is 19.5 Å². The van der Waals surface area contributed by atoms with Gasteiger partial charge in [0.15, 0.2) is 11.6 Å². The fourth-order valence-corrected chi connectivity index (χ4v) is 7.80. The van der Waals surface area contributed by atoms with E-state index in [1.165, 1.54) is 0 Å². The van der Waals surface area contributed by atoms with Gasteiger partial charge in [0.1, 0.15) is 6.61 Å². The Hall–Kier alpha value is -1.46. The smallest absolute Gasteiger partial charge is 0.311 e. The van der Waals surface area contributed by atoms with Crippen LogP contribution < -0.4 is 0 Å². The van der Waals surface area contributed by atoms with Gasteiger partial charge >= 0.3 is 5.97 Å². The first-order valence-corrected chi connectivity index (χ1v) is 12.4. The highest BCUT2D eigenvalue weighted by Gasteiger charge is 2.61. The van der Waals surface area contributed by atoms with E-state index in [0.717, 1.165) is 37.7 Å². The number of carbonyl (C=O) groups excluding carboxylic acids is 3. The molecule has 0 aromatic heterocycles. The fourth-order valence-electron chi connectivity index (χ4n) is 7.30. The summed E-state index contributed by atoms with van der Waals surface area (Å²) in [7, 11) is 0. The van der Waals surface area contributed by atoms with Crippen LogP contribution in [0.15, 0.2) is 23.8 Å². The molecule has 9 atom stereocenters. The highest BCUT2D eigenvalue weighted by molar-refractivity contribution is 6.23. The molecule has 0 radical (unpaired) electrons. The minimum atomic E-state index is -0.805. The highest BCUT2D eigenvalue weighted by atomic mass is 35.5. The number of halogens is 1. The molecule has 0 saturated heterocycles. The van der Waals surface area contributed by atoms with Crippen LogP contribution in [-0.4, -0.2) is 40.7 Å². The standard InChI is InChI=1S/C26H35ClO5/c1-14(15(2)28)24(31)32-13-23(30)20-6-5-18-17-12-22(27)21-11-16(29)7-9-26(21,4)19(17)8-10-25(18,20)3/h7,9,11,14-15,17-20,22,28H,5-6,8,10,12-13H2,1-4H3/t14?,15?,17-,18-,19-,20+,22-,25-,26+/m0/s1. The van der Waals surface area contributed by atoms with Gasteiger partial charge in [0.25, 0.3) is 0 Å². The van der Waals surface area contributed by atoms with E-state index in [1.54, 1.807) is 26.0 Å². The monoisotopic (exact) mass is 462 g/mol. The van der Waals surface area contributed by atoms with E-state index in [-0.39, 0.29) is 40.3 Å². The Balaban J connectivity index is 1.50. The number of alkyl halides is 1. The minimum absolute atomic E-state index is 0.00668. The maximum atomic E-state index is 13.1. The van der Waals surface area contributed by atoms with Crippen molar-refractivity contribution in [2.75, 3.05) is 6.61 Å². The Morgan fingerprint density at radius 2 is 1.94 bits per heavy atom.